The van der Waals surface area contributed by atoms with Crippen molar-refractivity contribution >= 4 is 5.82 Å². The second-order valence-corrected chi connectivity index (χ2v) is 4.39. The smallest absolute Gasteiger partial charge is 0.214 e. The van der Waals surface area contributed by atoms with E-state index in [1.165, 1.54) is 6.07 Å². The molecule has 1 aromatic carbocycles. The zero-order chi connectivity index (χ0) is 15.2. The van der Waals surface area contributed by atoms with E-state index in [9.17, 15) is 9.50 Å². The van der Waals surface area contributed by atoms with E-state index in [2.05, 4.69) is 10.3 Å². The molecule has 0 spiro atoms. The fourth-order valence-electron chi connectivity index (χ4n) is 1.85. The molecule has 0 fully saturated rings. The summed E-state index contributed by atoms with van der Waals surface area (Å²) in [4.78, 5) is 3.67. The Hall–Kier alpha value is -2.34. The van der Waals surface area contributed by atoms with Crippen LogP contribution < -0.4 is 14.8 Å². The Balaban J connectivity index is 2.07. The van der Waals surface area contributed by atoms with Crippen molar-refractivity contribution in [3.63, 3.8) is 0 Å². The standard InChI is InChI=1S/C15H17FN2O3/c1-20-11-6-10(7-12(8-11)21-2)13(19)9-17-15-5-3-4-14(16)18-15/h3-8,13,19H,9H2,1-2H3,(H,17,18). The quantitative estimate of drug-likeness (QED) is 0.800. The minimum atomic E-state index is -0.806. The molecule has 0 bridgehead atoms. The van der Waals surface area contributed by atoms with E-state index in [1.807, 2.05) is 0 Å². The number of hydrogen-bond acceptors (Lipinski definition) is 5. The van der Waals surface area contributed by atoms with Gasteiger partial charge >= 0.3 is 0 Å². The maximum atomic E-state index is 13.0. The van der Waals surface area contributed by atoms with Crippen LogP contribution in [-0.2, 0) is 0 Å². The Morgan fingerprint density at radius 2 is 1.86 bits per heavy atom. The first-order valence-electron chi connectivity index (χ1n) is 6.40. The summed E-state index contributed by atoms with van der Waals surface area (Å²) in [6.45, 7) is 0.187. The molecule has 112 valence electrons. The van der Waals surface area contributed by atoms with Gasteiger partial charge in [-0.3, -0.25) is 0 Å². The molecular formula is C15H17FN2O3. The molecule has 5 nitrogen and oxygen atoms in total. The highest BCUT2D eigenvalue weighted by atomic mass is 19.1. The van der Waals surface area contributed by atoms with Crippen molar-refractivity contribution in [1.82, 2.24) is 4.98 Å². The number of pyridine rings is 1. The van der Waals surface area contributed by atoms with Gasteiger partial charge in [0.2, 0.25) is 5.95 Å². The number of methoxy groups -OCH3 is 2. The lowest BCUT2D eigenvalue weighted by Gasteiger charge is -2.15. The summed E-state index contributed by atoms with van der Waals surface area (Å²) in [7, 11) is 3.08. The first-order chi connectivity index (χ1) is 10.1. The third-order valence-electron chi connectivity index (χ3n) is 2.95. The molecule has 0 saturated heterocycles. The van der Waals surface area contributed by atoms with Gasteiger partial charge in [-0.1, -0.05) is 6.07 Å². The number of nitrogens with zero attached hydrogens (tertiary/aromatic N) is 1. The van der Waals surface area contributed by atoms with Crippen LogP contribution in [0, 0.1) is 5.95 Å². The molecule has 0 saturated carbocycles. The molecule has 0 aliphatic heterocycles. The van der Waals surface area contributed by atoms with E-state index < -0.39 is 12.1 Å². The highest BCUT2D eigenvalue weighted by Gasteiger charge is 2.11. The summed E-state index contributed by atoms with van der Waals surface area (Å²) in [6.07, 6.45) is -0.806. The number of aromatic nitrogens is 1. The lowest BCUT2D eigenvalue weighted by molar-refractivity contribution is 0.190. The first-order valence-corrected chi connectivity index (χ1v) is 6.40. The zero-order valence-corrected chi connectivity index (χ0v) is 11.8. The molecule has 0 amide bonds. The Morgan fingerprint density at radius 1 is 1.19 bits per heavy atom. The summed E-state index contributed by atoms with van der Waals surface area (Å²) in [5.41, 5.74) is 0.634. The lowest BCUT2D eigenvalue weighted by Crippen LogP contribution is -2.13. The highest BCUT2D eigenvalue weighted by Crippen LogP contribution is 2.26. The largest absolute Gasteiger partial charge is 0.497 e. The number of aliphatic hydroxyl groups is 1. The normalized spacial score (nSPS) is 11.8. The second kappa shape index (κ2) is 6.90. The van der Waals surface area contributed by atoms with Crippen molar-refractivity contribution in [2.45, 2.75) is 6.10 Å². The van der Waals surface area contributed by atoms with Gasteiger partial charge in [0.05, 0.1) is 20.3 Å². The average molecular weight is 292 g/mol. The number of halogens is 1. The monoisotopic (exact) mass is 292 g/mol. The number of benzene rings is 1. The van der Waals surface area contributed by atoms with Crippen LogP contribution in [0.25, 0.3) is 0 Å². The molecule has 21 heavy (non-hydrogen) atoms. The van der Waals surface area contributed by atoms with Gasteiger partial charge in [0.15, 0.2) is 0 Å². The second-order valence-electron chi connectivity index (χ2n) is 4.39. The predicted octanol–water partition coefficient (Wildman–Crippen LogP) is 2.38. The Bertz CT molecular complexity index is 585. The van der Waals surface area contributed by atoms with Crippen molar-refractivity contribution < 1.29 is 19.0 Å². The molecule has 6 heteroatoms. The van der Waals surface area contributed by atoms with Gasteiger partial charge in [-0.05, 0) is 29.8 Å². The van der Waals surface area contributed by atoms with Crippen LogP contribution in [0.5, 0.6) is 11.5 Å². The summed E-state index contributed by atoms with van der Waals surface area (Å²) < 4.78 is 23.3. The first kappa shape index (κ1) is 15.1. The Morgan fingerprint density at radius 3 is 2.43 bits per heavy atom. The van der Waals surface area contributed by atoms with E-state index in [1.54, 1.807) is 44.6 Å². The van der Waals surface area contributed by atoms with Crippen LogP contribution in [0.2, 0.25) is 0 Å². The molecule has 1 atom stereocenters. The molecule has 0 radical (unpaired) electrons. The van der Waals surface area contributed by atoms with Gasteiger partial charge in [0, 0.05) is 12.6 Å². The minimum Gasteiger partial charge on any atom is -0.497 e. The van der Waals surface area contributed by atoms with Crippen LogP contribution in [-0.4, -0.2) is 30.9 Å². The number of anilines is 1. The van der Waals surface area contributed by atoms with Crippen LogP contribution in [0.3, 0.4) is 0 Å². The average Bonchev–Trinajstić information content (AvgIpc) is 2.52. The molecular weight excluding hydrogens is 275 g/mol. The van der Waals surface area contributed by atoms with Gasteiger partial charge in [-0.25, -0.2) is 4.98 Å². The molecule has 0 aliphatic carbocycles. The lowest BCUT2D eigenvalue weighted by atomic mass is 10.1. The van der Waals surface area contributed by atoms with Crippen molar-refractivity contribution in [1.29, 1.82) is 0 Å². The maximum absolute atomic E-state index is 13.0. The molecule has 2 aromatic rings. The van der Waals surface area contributed by atoms with Crippen molar-refractivity contribution in [3.05, 3.63) is 47.9 Å². The van der Waals surface area contributed by atoms with E-state index >= 15 is 0 Å². The van der Waals surface area contributed by atoms with E-state index in [4.69, 9.17) is 9.47 Å². The SMILES string of the molecule is COc1cc(OC)cc(C(O)CNc2cccc(F)n2)c1. The predicted molar refractivity (Wildman–Crippen MR) is 77.2 cm³/mol. The number of hydrogen-bond donors (Lipinski definition) is 2. The third-order valence-corrected chi connectivity index (χ3v) is 2.95. The number of ether oxygens (including phenoxy) is 2. The van der Waals surface area contributed by atoms with Crippen LogP contribution >= 0.6 is 0 Å². The summed E-state index contributed by atoms with van der Waals surface area (Å²) >= 11 is 0. The van der Waals surface area contributed by atoms with Gasteiger partial charge in [0.25, 0.3) is 0 Å². The van der Waals surface area contributed by atoms with Crippen LogP contribution in [0.15, 0.2) is 36.4 Å². The van der Waals surface area contributed by atoms with E-state index in [0.29, 0.717) is 22.9 Å². The number of aliphatic hydroxyl groups excluding tert-OH is 1. The van der Waals surface area contributed by atoms with E-state index in [0.717, 1.165) is 0 Å². The molecule has 2 N–H and O–H groups in total. The van der Waals surface area contributed by atoms with Crippen molar-refractivity contribution in [2.24, 2.45) is 0 Å². The molecule has 2 rings (SSSR count). The number of nitrogens with one attached hydrogen (secondary N) is 1. The van der Waals surface area contributed by atoms with Gasteiger partial charge in [0.1, 0.15) is 17.3 Å². The van der Waals surface area contributed by atoms with Gasteiger partial charge in [-0.2, -0.15) is 4.39 Å². The summed E-state index contributed by atoms with van der Waals surface area (Å²) in [5.74, 6) is 0.973. The third kappa shape index (κ3) is 4.06. The summed E-state index contributed by atoms with van der Waals surface area (Å²) in [5, 5.41) is 13.1. The molecule has 1 heterocycles. The molecule has 0 aliphatic rings. The fraction of sp³-hybridized carbons (Fsp3) is 0.267. The van der Waals surface area contributed by atoms with E-state index in [-0.39, 0.29) is 6.54 Å². The Kier molecular flexibility index (Phi) is 4.94. The van der Waals surface area contributed by atoms with Crippen molar-refractivity contribution in [2.75, 3.05) is 26.1 Å². The highest BCUT2D eigenvalue weighted by molar-refractivity contribution is 5.40. The Labute approximate surface area is 122 Å². The molecule has 1 aromatic heterocycles. The van der Waals surface area contributed by atoms with Crippen LogP contribution in [0.4, 0.5) is 10.2 Å². The van der Waals surface area contributed by atoms with Gasteiger partial charge < -0.3 is 19.9 Å². The van der Waals surface area contributed by atoms with Crippen molar-refractivity contribution in [3.8, 4) is 11.5 Å². The molecule has 1 unspecified atom stereocenters. The maximum Gasteiger partial charge on any atom is 0.214 e. The summed E-state index contributed by atoms with van der Waals surface area (Å²) in [6, 6.07) is 9.58. The number of rotatable bonds is 6. The zero-order valence-electron chi connectivity index (χ0n) is 11.8. The fourth-order valence-corrected chi connectivity index (χ4v) is 1.85. The topological polar surface area (TPSA) is 63.6 Å². The minimum absolute atomic E-state index is 0.187. The van der Waals surface area contributed by atoms with Crippen LogP contribution in [0.1, 0.15) is 11.7 Å². The van der Waals surface area contributed by atoms with Gasteiger partial charge in [-0.15, -0.1) is 0 Å².